The zero-order chi connectivity index (χ0) is 25.7. The molecule has 2 N–H and O–H groups in total. The SMILES string of the molecule is Cc1cnn(CCCOc2cccc(CN3CC[C@H](O)[C@@](O)(COc4c(C)ccc(C)c4C)C3)c2)c1. The first-order chi connectivity index (χ1) is 17.2. The molecule has 0 saturated carbocycles. The predicted molar refractivity (Wildman–Crippen MR) is 141 cm³/mol. The second-order valence-corrected chi connectivity index (χ2v) is 10.2. The molecule has 0 spiro atoms. The molecule has 0 radical (unpaired) electrons. The first-order valence-corrected chi connectivity index (χ1v) is 12.8. The minimum absolute atomic E-state index is 0.0503. The van der Waals surface area contributed by atoms with Crippen LogP contribution in [0.1, 0.15) is 40.7 Å². The first kappa shape index (κ1) is 26.2. The third kappa shape index (κ3) is 6.46. The summed E-state index contributed by atoms with van der Waals surface area (Å²) >= 11 is 0. The second kappa shape index (κ2) is 11.5. The minimum atomic E-state index is -1.33. The highest BCUT2D eigenvalue weighted by atomic mass is 16.5. The van der Waals surface area contributed by atoms with Crippen LogP contribution in [0.5, 0.6) is 11.5 Å². The predicted octanol–water partition coefficient (Wildman–Crippen LogP) is 3.96. The lowest BCUT2D eigenvalue weighted by molar-refractivity contribution is -0.140. The average Bonchev–Trinajstić information content (AvgIpc) is 3.27. The molecule has 2 atom stereocenters. The Bertz CT molecular complexity index is 1160. The van der Waals surface area contributed by atoms with Gasteiger partial charge in [0.1, 0.15) is 23.7 Å². The molecule has 1 saturated heterocycles. The van der Waals surface area contributed by atoms with Crippen molar-refractivity contribution in [2.24, 2.45) is 0 Å². The summed E-state index contributed by atoms with van der Waals surface area (Å²) in [7, 11) is 0. The van der Waals surface area contributed by atoms with Crippen LogP contribution in [0.4, 0.5) is 0 Å². The van der Waals surface area contributed by atoms with Crippen LogP contribution in [0.25, 0.3) is 0 Å². The Labute approximate surface area is 214 Å². The van der Waals surface area contributed by atoms with Crippen molar-refractivity contribution >= 4 is 0 Å². The van der Waals surface area contributed by atoms with Crippen molar-refractivity contribution in [3.8, 4) is 11.5 Å². The Balaban J connectivity index is 1.31. The van der Waals surface area contributed by atoms with Gasteiger partial charge >= 0.3 is 0 Å². The van der Waals surface area contributed by atoms with E-state index < -0.39 is 11.7 Å². The summed E-state index contributed by atoms with van der Waals surface area (Å²) in [4.78, 5) is 2.17. The standard InChI is InChI=1S/C29H39N3O4/c1-21-16-30-32(17-21)12-6-14-35-26-8-5-7-25(15-26)18-31-13-11-27(33)29(34,19-31)20-36-28-23(3)10-9-22(2)24(28)4/h5,7-10,15-17,27,33-34H,6,11-14,18-20H2,1-4H3/t27-,29-/m0/s1. The van der Waals surface area contributed by atoms with Crippen LogP contribution in [-0.2, 0) is 13.1 Å². The molecule has 0 aliphatic carbocycles. The van der Waals surface area contributed by atoms with Gasteiger partial charge in [0.15, 0.2) is 0 Å². The van der Waals surface area contributed by atoms with Gasteiger partial charge in [0.25, 0.3) is 0 Å². The number of aliphatic hydroxyl groups is 2. The summed E-state index contributed by atoms with van der Waals surface area (Å²) in [5, 5.41) is 26.3. The van der Waals surface area contributed by atoms with Gasteiger partial charge in [-0.1, -0.05) is 24.3 Å². The number of aromatic nitrogens is 2. The van der Waals surface area contributed by atoms with Gasteiger partial charge in [-0.05, 0) is 74.1 Å². The molecule has 0 unspecified atom stereocenters. The third-order valence-electron chi connectivity index (χ3n) is 7.04. The van der Waals surface area contributed by atoms with Crippen LogP contribution in [0, 0.1) is 27.7 Å². The van der Waals surface area contributed by atoms with Crippen molar-refractivity contribution in [3.63, 3.8) is 0 Å². The van der Waals surface area contributed by atoms with E-state index in [1.165, 1.54) is 0 Å². The maximum atomic E-state index is 11.3. The van der Waals surface area contributed by atoms with E-state index in [9.17, 15) is 10.2 Å². The van der Waals surface area contributed by atoms with Crippen molar-refractivity contribution in [2.45, 2.75) is 65.3 Å². The number of hydrogen-bond donors (Lipinski definition) is 2. The number of nitrogens with zero attached hydrogens (tertiary/aromatic N) is 3. The summed E-state index contributed by atoms with van der Waals surface area (Å²) < 4.78 is 14.0. The lowest BCUT2D eigenvalue weighted by Gasteiger charge is -2.42. The number of hydrogen-bond acceptors (Lipinski definition) is 6. The molecule has 4 rings (SSSR count). The third-order valence-corrected chi connectivity index (χ3v) is 7.04. The topological polar surface area (TPSA) is 80.0 Å². The molecule has 2 aromatic carbocycles. The van der Waals surface area contributed by atoms with Gasteiger partial charge in [0.05, 0.1) is 18.9 Å². The summed E-state index contributed by atoms with van der Waals surface area (Å²) in [5.74, 6) is 1.63. The van der Waals surface area contributed by atoms with Gasteiger partial charge in [-0.2, -0.15) is 5.10 Å². The molecule has 1 aliphatic heterocycles. The summed E-state index contributed by atoms with van der Waals surface area (Å²) in [6.07, 6.45) is 4.44. The Morgan fingerprint density at radius 1 is 1.08 bits per heavy atom. The van der Waals surface area contributed by atoms with Crippen LogP contribution in [0.3, 0.4) is 0 Å². The van der Waals surface area contributed by atoms with Crippen molar-refractivity contribution in [1.82, 2.24) is 14.7 Å². The summed E-state index contributed by atoms with van der Waals surface area (Å²) in [6, 6.07) is 12.2. The fraction of sp³-hybridized carbons (Fsp3) is 0.483. The van der Waals surface area contributed by atoms with Crippen LogP contribution in [0.15, 0.2) is 48.8 Å². The first-order valence-electron chi connectivity index (χ1n) is 12.8. The maximum absolute atomic E-state index is 11.3. The van der Waals surface area contributed by atoms with E-state index in [4.69, 9.17) is 9.47 Å². The lowest BCUT2D eigenvalue weighted by Crippen LogP contribution is -2.59. The van der Waals surface area contributed by atoms with Gasteiger partial charge < -0.3 is 19.7 Å². The molecule has 36 heavy (non-hydrogen) atoms. The molecule has 3 aromatic rings. The fourth-order valence-corrected chi connectivity index (χ4v) is 4.76. The van der Waals surface area contributed by atoms with Gasteiger partial charge in [-0.25, -0.2) is 0 Å². The number of rotatable bonds is 10. The maximum Gasteiger partial charge on any atom is 0.137 e. The van der Waals surface area contributed by atoms with E-state index in [1.54, 1.807) is 0 Å². The molecule has 0 amide bonds. The molecular formula is C29H39N3O4. The molecule has 1 fully saturated rings. The van der Waals surface area contributed by atoms with E-state index in [-0.39, 0.29) is 6.61 Å². The monoisotopic (exact) mass is 493 g/mol. The zero-order valence-corrected chi connectivity index (χ0v) is 21.9. The van der Waals surface area contributed by atoms with E-state index in [0.29, 0.717) is 32.7 Å². The lowest BCUT2D eigenvalue weighted by atomic mass is 9.90. The average molecular weight is 494 g/mol. The smallest absolute Gasteiger partial charge is 0.137 e. The quantitative estimate of drug-likeness (QED) is 0.416. The van der Waals surface area contributed by atoms with Crippen LogP contribution in [0.2, 0.25) is 0 Å². The number of ether oxygens (including phenoxy) is 2. The number of likely N-dealkylation sites (tertiary alicyclic amines) is 1. The molecule has 2 heterocycles. The number of β-amino-alcohol motifs (C(OH)–C–C–N with tert-alkyl or cyclic N) is 1. The number of aliphatic hydroxyl groups excluding tert-OH is 1. The number of aryl methyl sites for hydroxylation is 4. The highest BCUT2D eigenvalue weighted by molar-refractivity contribution is 5.44. The second-order valence-electron chi connectivity index (χ2n) is 10.2. The van der Waals surface area contributed by atoms with Crippen LogP contribution >= 0.6 is 0 Å². The van der Waals surface area contributed by atoms with Crippen LogP contribution in [-0.4, -0.2) is 62.9 Å². The Hall–Kier alpha value is -2.87. The molecular weight excluding hydrogens is 454 g/mol. The Morgan fingerprint density at radius 2 is 1.89 bits per heavy atom. The van der Waals surface area contributed by atoms with E-state index in [1.807, 2.05) is 63.0 Å². The molecule has 7 heteroatoms. The fourth-order valence-electron chi connectivity index (χ4n) is 4.76. The van der Waals surface area contributed by atoms with Gasteiger partial charge in [0.2, 0.25) is 0 Å². The molecule has 1 aliphatic rings. The molecule has 0 bridgehead atoms. The summed E-state index contributed by atoms with van der Waals surface area (Å²) in [5.41, 5.74) is 4.18. The van der Waals surface area contributed by atoms with E-state index in [0.717, 1.165) is 52.3 Å². The minimum Gasteiger partial charge on any atom is -0.494 e. The Morgan fingerprint density at radius 3 is 2.67 bits per heavy atom. The summed E-state index contributed by atoms with van der Waals surface area (Å²) in [6.45, 7) is 11.3. The Kier molecular flexibility index (Phi) is 8.34. The highest BCUT2D eigenvalue weighted by Crippen LogP contribution is 2.29. The zero-order valence-electron chi connectivity index (χ0n) is 21.9. The van der Waals surface area contributed by atoms with Crippen molar-refractivity contribution < 1.29 is 19.7 Å². The number of benzene rings is 2. The number of piperidine rings is 1. The molecule has 194 valence electrons. The van der Waals surface area contributed by atoms with E-state index in [2.05, 4.69) is 28.2 Å². The van der Waals surface area contributed by atoms with Crippen LogP contribution < -0.4 is 9.47 Å². The van der Waals surface area contributed by atoms with Crippen molar-refractivity contribution in [1.29, 1.82) is 0 Å². The molecule has 7 nitrogen and oxygen atoms in total. The van der Waals surface area contributed by atoms with Crippen molar-refractivity contribution in [2.75, 3.05) is 26.3 Å². The van der Waals surface area contributed by atoms with E-state index >= 15 is 0 Å². The normalized spacial score (nSPS) is 20.4. The molecule has 1 aromatic heterocycles. The van der Waals surface area contributed by atoms with Gasteiger partial charge in [-0.3, -0.25) is 9.58 Å². The highest BCUT2D eigenvalue weighted by Gasteiger charge is 2.42. The van der Waals surface area contributed by atoms with Crippen molar-refractivity contribution in [3.05, 3.63) is 76.6 Å². The largest absolute Gasteiger partial charge is 0.494 e. The van der Waals surface area contributed by atoms with Gasteiger partial charge in [-0.15, -0.1) is 0 Å². The van der Waals surface area contributed by atoms with Gasteiger partial charge in [0, 0.05) is 38.8 Å².